The monoisotopic (exact) mass is 387 g/mol. The summed E-state index contributed by atoms with van der Waals surface area (Å²) in [5.74, 6) is -0.0201. The average molecular weight is 388 g/mol. The molecule has 0 saturated carbocycles. The normalized spacial score (nSPS) is 11.7. The number of carbonyl (C=O) groups is 1. The maximum Gasteiger partial charge on any atom is 0.267 e. The van der Waals surface area contributed by atoms with Gasteiger partial charge in [-0.3, -0.25) is 4.79 Å². The highest BCUT2D eigenvalue weighted by Crippen LogP contribution is 2.26. The number of amides is 1. The fourth-order valence-corrected chi connectivity index (χ4v) is 2.94. The number of aromatic nitrogens is 3. The molecule has 4 N–H and O–H groups in total. The van der Waals surface area contributed by atoms with Crippen molar-refractivity contribution in [3.05, 3.63) is 52.7 Å². The number of pyridine rings is 1. The Hall–Kier alpha value is -2.64. The van der Waals surface area contributed by atoms with Gasteiger partial charge in [0.2, 0.25) is 5.95 Å². The standard InChI is InChI=1S/C19H22ClN5O2/c1-19(2,11-26)10-25-15-8-7-14(16(21)27)23-17(15)24-18(25)22-9-12-5-3-4-6-13(12)20/h3-8,26H,9-11H2,1-2H3,(H2,21,27)(H,22,23,24). The molecule has 2 aromatic heterocycles. The molecule has 0 spiro atoms. The SMILES string of the molecule is CC(C)(CO)Cn1c(NCc2ccccc2Cl)nc2nc(C(N)=O)ccc21. The third kappa shape index (κ3) is 4.20. The van der Waals surface area contributed by atoms with E-state index < -0.39 is 5.91 Å². The van der Waals surface area contributed by atoms with Crippen LogP contribution in [0, 0.1) is 5.41 Å². The van der Waals surface area contributed by atoms with Crippen molar-refractivity contribution in [3.63, 3.8) is 0 Å². The first-order valence-corrected chi connectivity index (χ1v) is 8.94. The second-order valence-corrected chi connectivity index (χ2v) is 7.60. The lowest BCUT2D eigenvalue weighted by atomic mass is 9.95. The number of aliphatic hydroxyl groups excluding tert-OH is 1. The molecule has 0 saturated heterocycles. The van der Waals surface area contributed by atoms with Crippen molar-refractivity contribution in [2.45, 2.75) is 26.9 Å². The molecule has 2 heterocycles. The minimum Gasteiger partial charge on any atom is -0.396 e. The number of nitrogens with zero attached hydrogens (tertiary/aromatic N) is 3. The second kappa shape index (κ2) is 7.54. The third-order valence-corrected chi connectivity index (χ3v) is 4.64. The number of benzene rings is 1. The molecule has 0 atom stereocenters. The predicted octanol–water partition coefficient (Wildman–Crippen LogP) is 2.81. The van der Waals surface area contributed by atoms with Crippen LogP contribution >= 0.6 is 11.6 Å². The maximum absolute atomic E-state index is 11.4. The Morgan fingerprint density at radius 1 is 1.26 bits per heavy atom. The fraction of sp³-hybridized carbons (Fsp3) is 0.316. The highest BCUT2D eigenvalue weighted by atomic mass is 35.5. The molecule has 0 unspecified atom stereocenters. The predicted molar refractivity (Wildman–Crippen MR) is 106 cm³/mol. The number of rotatable bonds is 7. The van der Waals surface area contributed by atoms with Crippen molar-refractivity contribution >= 4 is 34.6 Å². The molecule has 1 amide bonds. The molecule has 3 aromatic rings. The van der Waals surface area contributed by atoms with Gasteiger partial charge in [-0.15, -0.1) is 0 Å². The second-order valence-electron chi connectivity index (χ2n) is 7.19. The van der Waals surface area contributed by atoms with Crippen LogP contribution in [0.1, 0.15) is 29.9 Å². The molecule has 0 bridgehead atoms. The van der Waals surface area contributed by atoms with Crippen molar-refractivity contribution in [1.29, 1.82) is 0 Å². The van der Waals surface area contributed by atoms with E-state index in [2.05, 4.69) is 15.3 Å². The van der Waals surface area contributed by atoms with E-state index >= 15 is 0 Å². The number of hydrogen-bond acceptors (Lipinski definition) is 5. The summed E-state index contributed by atoms with van der Waals surface area (Å²) in [5.41, 5.74) is 7.23. The molecule has 8 heteroatoms. The minimum atomic E-state index is -0.604. The summed E-state index contributed by atoms with van der Waals surface area (Å²) in [6.45, 7) is 4.93. The highest BCUT2D eigenvalue weighted by Gasteiger charge is 2.22. The van der Waals surface area contributed by atoms with Gasteiger partial charge >= 0.3 is 0 Å². The number of primary amides is 1. The highest BCUT2D eigenvalue weighted by molar-refractivity contribution is 6.31. The zero-order valence-electron chi connectivity index (χ0n) is 15.2. The van der Waals surface area contributed by atoms with Gasteiger partial charge in [-0.05, 0) is 23.8 Å². The molecule has 1 aromatic carbocycles. The van der Waals surface area contributed by atoms with E-state index in [0.717, 1.165) is 11.1 Å². The topological polar surface area (TPSA) is 106 Å². The molecule has 0 aliphatic heterocycles. The first-order valence-electron chi connectivity index (χ1n) is 8.56. The number of carbonyl (C=O) groups excluding carboxylic acids is 1. The van der Waals surface area contributed by atoms with E-state index in [-0.39, 0.29) is 17.7 Å². The molecule has 0 aliphatic rings. The first kappa shape index (κ1) is 19.1. The molecule has 0 fully saturated rings. The van der Waals surface area contributed by atoms with Gasteiger partial charge in [0.25, 0.3) is 5.91 Å². The quantitative estimate of drug-likeness (QED) is 0.578. The molecular weight excluding hydrogens is 366 g/mol. The van der Waals surface area contributed by atoms with Crippen LogP contribution < -0.4 is 11.1 Å². The van der Waals surface area contributed by atoms with E-state index in [1.807, 2.05) is 42.7 Å². The zero-order chi connectivity index (χ0) is 19.6. The summed E-state index contributed by atoms with van der Waals surface area (Å²) in [6.07, 6.45) is 0. The summed E-state index contributed by atoms with van der Waals surface area (Å²) in [5, 5.41) is 13.6. The molecule has 3 rings (SSSR count). The van der Waals surface area contributed by atoms with Crippen LogP contribution in [0.15, 0.2) is 36.4 Å². The lowest BCUT2D eigenvalue weighted by Gasteiger charge is -2.24. The number of nitrogens with one attached hydrogen (secondary N) is 1. The number of anilines is 1. The maximum atomic E-state index is 11.4. The number of aliphatic hydroxyl groups is 1. The van der Waals surface area contributed by atoms with Crippen molar-refractivity contribution in [1.82, 2.24) is 14.5 Å². The number of fused-ring (bicyclic) bond motifs is 1. The zero-order valence-corrected chi connectivity index (χ0v) is 16.0. The van der Waals surface area contributed by atoms with Crippen molar-refractivity contribution in [2.24, 2.45) is 11.1 Å². The molecular formula is C19H22ClN5O2. The Kier molecular flexibility index (Phi) is 5.34. The molecule has 0 radical (unpaired) electrons. The third-order valence-electron chi connectivity index (χ3n) is 4.27. The molecule has 0 aliphatic carbocycles. The van der Waals surface area contributed by atoms with Gasteiger partial charge in [0, 0.05) is 30.1 Å². The fourth-order valence-electron chi connectivity index (χ4n) is 2.74. The van der Waals surface area contributed by atoms with Gasteiger partial charge in [-0.2, -0.15) is 4.98 Å². The van der Waals surface area contributed by atoms with Gasteiger partial charge in [-0.25, -0.2) is 4.98 Å². The Bertz CT molecular complexity index is 983. The van der Waals surface area contributed by atoms with E-state index in [1.54, 1.807) is 12.1 Å². The van der Waals surface area contributed by atoms with Crippen LogP contribution in [0.5, 0.6) is 0 Å². The van der Waals surface area contributed by atoms with Crippen LogP contribution in [0.25, 0.3) is 11.2 Å². The summed E-state index contributed by atoms with van der Waals surface area (Å²) >= 11 is 6.23. The largest absolute Gasteiger partial charge is 0.396 e. The van der Waals surface area contributed by atoms with E-state index in [4.69, 9.17) is 17.3 Å². The van der Waals surface area contributed by atoms with E-state index in [1.165, 1.54) is 0 Å². The Labute approximate surface area is 162 Å². The number of nitrogens with two attached hydrogens (primary N) is 1. The number of imidazole rings is 1. The van der Waals surface area contributed by atoms with Gasteiger partial charge < -0.3 is 20.7 Å². The summed E-state index contributed by atoms with van der Waals surface area (Å²) in [6, 6.07) is 10.9. The van der Waals surface area contributed by atoms with Crippen molar-refractivity contribution in [2.75, 3.05) is 11.9 Å². The summed E-state index contributed by atoms with van der Waals surface area (Å²) < 4.78 is 1.94. The van der Waals surface area contributed by atoms with Crippen LogP contribution in [0.2, 0.25) is 5.02 Å². The van der Waals surface area contributed by atoms with Crippen LogP contribution in [-0.2, 0) is 13.1 Å². The molecule has 7 nitrogen and oxygen atoms in total. The van der Waals surface area contributed by atoms with E-state index in [9.17, 15) is 9.90 Å². The van der Waals surface area contributed by atoms with Crippen LogP contribution in [0.3, 0.4) is 0 Å². The lowest BCUT2D eigenvalue weighted by molar-refractivity contribution is 0.0996. The van der Waals surface area contributed by atoms with Gasteiger partial charge in [0.1, 0.15) is 5.69 Å². The van der Waals surface area contributed by atoms with Gasteiger partial charge in [0.05, 0.1) is 5.52 Å². The Morgan fingerprint density at radius 3 is 2.67 bits per heavy atom. The minimum absolute atomic E-state index is 0.0173. The van der Waals surface area contributed by atoms with Crippen molar-refractivity contribution in [3.8, 4) is 0 Å². The van der Waals surface area contributed by atoms with E-state index in [0.29, 0.717) is 29.7 Å². The average Bonchev–Trinajstić information content (AvgIpc) is 2.97. The van der Waals surface area contributed by atoms with Crippen LogP contribution in [-0.4, -0.2) is 32.2 Å². The Morgan fingerprint density at radius 2 is 2.00 bits per heavy atom. The number of hydrogen-bond donors (Lipinski definition) is 3. The summed E-state index contributed by atoms with van der Waals surface area (Å²) in [4.78, 5) is 20.2. The smallest absolute Gasteiger partial charge is 0.267 e. The summed E-state index contributed by atoms with van der Waals surface area (Å²) in [7, 11) is 0. The van der Waals surface area contributed by atoms with Crippen molar-refractivity contribution < 1.29 is 9.90 Å². The van der Waals surface area contributed by atoms with Crippen LogP contribution in [0.4, 0.5) is 5.95 Å². The Balaban J connectivity index is 2.00. The van der Waals surface area contributed by atoms with Gasteiger partial charge in [-0.1, -0.05) is 43.6 Å². The molecule has 142 valence electrons. The number of halogens is 1. The first-order chi connectivity index (χ1) is 12.8. The molecule has 27 heavy (non-hydrogen) atoms. The lowest BCUT2D eigenvalue weighted by Crippen LogP contribution is -2.24. The van der Waals surface area contributed by atoms with Gasteiger partial charge in [0.15, 0.2) is 5.65 Å².